The van der Waals surface area contributed by atoms with Crippen molar-refractivity contribution in [1.29, 1.82) is 0 Å². The van der Waals surface area contributed by atoms with Crippen molar-refractivity contribution in [2.45, 2.75) is 25.4 Å². The van der Waals surface area contributed by atoms with Gasteiger partial charge in [-0.05, 0) is 38.3 Å². The molecule has 2 aliphatic rings. The topological polar surface area (TPSA) is 58.6 Å². The van der Waals surface area contributed by atoms with E-state index < -0.39 is 10.0 Å². The zero-order chi connectivity index (χ0) is 12.3. The van der Waals surface area contributed by atoms with Gasteiger partial charge in [-0.25, -0.2) is 8.42 Å². The molecule has 1 N–H and O–H groups in total. The van der Waals surface area contributed by atoms with E-state index in [2.05, 4.69) is 5.32 Å². The zero-order valence-corrected chi connectivity index (χ0v) is 11.2. The molecule has 5 nitrogen and oxygen atoms in total. The first-order chi connectivity index (χ1) is 8.12. The standard InChI is InChI=1S/C11H22N2O3S/c1-16-11-4-6-13(8-11)17(14,15)9-10-3-2-5-12-7-10/h10-12H,2-9H2,1H3. The fourth-order valence-corrected chi connectivity index (χ4v) is 4.48. The first kappa shape index (κ1) is 13.3. The van der Waals surface area contributed by atoms with Gasteiger partial charge < -0.3 is 10.1 Å². The smallest absolute Gasteiger partial charge is 0.214 e. The van der Waals surface area contributed by atoms with Gasteiger partial charge in [0.1, 0.15) is 0 Å². The lowest BCUT2D eigenvalue weighted by molar-refractivity contribution is 0.115. The Balaban J connectivity index is 1.90. The fraction of sp³-hybridized carbons (Fsp3) is 1.00. The molecule has 2 heterocycles. The molecule has 2 saturated heterocycles. The van der Waals surface area contributed by atoms with Crippen LogP contribution in [0.3, 0.4) is 0 Å². The summed E-state index contributed by atoms with van der Waals surface area (Å²) < 4.78 is 31.2. The molecule has 0 radical (unpaired) electrons. The van der Waals surface area contributed by atoms with E-state index in [-0.39, 0.29) is 17.8 Å². The predicted octanol–water partition coefficient (Wildman–Crippen LogP) is 0.0365. The summed E-state index contributed by atoms with van der Waals surface area (Å²) in [4.78, 5) is 0. The van der Waals surface area contributed by atoms with Gasteiger partial charge in [0, 0.05) is 20.2 Å². The van der Waals surface area contributed by atoms with Crippen molar-refractivity contribution in [3.8, 4) is 0 Å². The van der Waals surface area contributed by atoms with Crippen LogP contribution in [0.4, 0.5) is 0 Å². The number of piperidine rings is 1. The Kier molecular flexibility index (Phi) is 4.41. The molecule has 2 rings (SSSR count). The van der Waals surface area contributed by atoms with Crippen LogP contribution in [0.1, 0.15) is 19.3 Å². The van der Waals surface area contributed by atoms with Crippen LogP contribution >= 0.6 is 0 Å². The van der Waals surface area contributed by atoms with Crippen LogP contribution in [0.5, 0.6) is 0 Å². The molecule has 0 aromatic carbocycles. The Morgan fingerprint density at radius 2 is 2.24 bits per heavy atom. The predicted molar refractivity (Wildman–Crippen MR) is 66.4 cm³/mol. The monoisotopic (exact) mass is 262 g/mol. The first-order valence-corrected chi connectivity index (χ1v) is 7.94. The Morgan fingerprint density at radius 3 is 2.82 bits per heavy atom. The van der Waals surface area contributed by atoms with E-state index in [9.17, 15) is 8.42 Å². The van der Waals surface area contributed by atoms with Gasteiger partial charge in [-0.3, -0.25) is 0 Å². The number of nitrogens with zero attached hydrogens (tertiary/aromatic N) is 1. The highest BCUT2D eigenvalue weighted by Crippen LogP contribution is 2.20. The maximum Gasteiger partial charge on any atom is 0.214 e. The lowest BCUT2D eigenvalue weighted by Gasteiger charge is -2.25. The molecule has 2 atom stereocenters. The maximum absolute atomic E-state index is 12.2. The van der Waals surface area contributed by atoms with E-state index in [1.165, 1.54) is 0 Å². The summed E-state index contributed by atoms with van der Waals surface area (Å²) in [7, 11) is -1.44. The number of methoxy groups -OCH3 is 1. The Hall–Kier alpha value is -0.170. The minimum atomic E-state index is -3.09. The quantitative estimate of drug-likeness (QED) is 0.777. The Labute approximate surface area is 104 Å². The van der Waals surface area contributed by atoms with Gasteiger partial charge in [0.15, 0.2) is 0 Å². The zero-order valence-electron chi connectivity index (χ0n) is 10.4. The molecule has 2 unspecified atom stereocenters. The third-order valence-electron chi connectivity index (χ3n) is 3.68. The van der Waals surface area contributed by atoms with Gasteiger partial charge in [-0.2, -0.15) is 4.31 Å². The van der Waals surface area contributed by atoms with E-state index >= 15 is 0 Å². The molecular weight excluding hydrogens is 240 g/mol. The van der Waals surface area contributed by atoms with Crippen molar-refractivity contribution in [3.05, 3.63) is 0 Å². The van der Waals surface area contributed by atoms with E-state index in [1.54, 1.807) is 11.4 Å². The van der Waals surface area contributed by atoms with E-state index in [1.807, 2.05) is 0 Å². The van der Waals surface area contributed by atoms with E-state index in [0.717, 1.165) is 32.4 Å². The molecule has 0 aromatic rings. The van der Waals surface area contributed by atoms with Crippen molar-refractivity contribution in [2.75, 3.05) is 39.0 Å². The highest BCUT2D eigenvalue weighted by Gasteiger charge is 2.33. The second kappa shape index (κ2) is 5.65. The second-order valence-corrected chi connectivity index (χ2v) is 7.01. The van der Waals surface area contributed by atoms with Crippen LogP contribution in [0.25, 0.3) is 0 Å². The number of sulfonamides is 1. The summed E-state index contributed by atoms with van der Waals surface area (Å²) in [5.74, 6) is 0.562. The van der Waals surface area contributed by atoms with Crippen LogP contribution in [-0.2, 0) is 14.8 Å². The minimum Gasteiger partial charge on any atom is -0.380 e. The fourth-order valence-electron chi connectivity index (χ4n) is 2.61. The van der Waals surface area contributed by atoms with E-state index in [4.69, 9.17) is 4.74 Å². The summed E-state index contributed by atoms with van der Waals surface area (Å²) in [5, 5.41) is 3.26. The van der Waals surface area contributed by atoms with Crippen LogP contribution < -0.4 is 5.32 Å². The van der Waals surface area contributed by atoms with Crippen molar-refractivity contribution in [2.24, 2.45) is 5.92 Å². The SMILES string of the molecule is COC1CCN(S(=O)(=O)CC2CCCNC2)C1. The Morgan fingerprint density at radius 1 is 1.41 bits per heavy atom. The summed E-state index contributed by atoms with van der Waals surface area (Å²) in [6.45, 7) is 2.99. The molecular formula is C11H22N2O3S. The summed E-state index contributed by atoms with van der Waals surface area (Å²) in [6.07, 6.45) is 3.00. The minimum absolute atomic E-state index is 0.0780. The lowest BCUT2D eigenvalue weighted by Crippen LogP contribution is -2.39. The van der Waals surface area contributed by atoms with Crippen LogP contribution in [0.2, 0.25) is 0 Å². The normalized spacial score (nSPS) is 31.8. The van der Waals surface area contributed by atoms with Crippen molar-refractivity contribution < 1.29 is 13.2 Å². The molecule has 2 fully saturated rings. The number of hydrogen-bond acceptors (Lipinski definition) is 4. The average molecular weight is 262 g/mol. The van der Waals surface area contributed by atoms with Gasteiger partial charge >= 0.3 is 0 Å². The summed E-state index contributed by atoms with van der Waals surface area (Å²) in [5.41, 5.74) is 0. The summed E-state index contributed by atoms with van der Waals surface area (Å²) >= 11 is 0. The van der Waals surface area contributed by atoms with Gasteiger partial charge in [0.05, 0.1) is 11.9 Å². The molecule has 0 spiro atoms. The first-order valence-electron chi connectivity index (χ1n) is 6.33. The molecule has 0 amide bonds. The number of ether oxygens (including phenoxy) is 1. The molecule has 0 bridgehead atoms. The molecule has 2 aliphatic heterocycles. The summed E-state index contributed by atoms with van der Waals surface area (Å²) in [6, 6.07) is 0. The van der Waals surface area contributed by atoms with Crippen LogP contribution in [0, 0.1) is 5.92 Å². The molecule has 0 aromatic heterocycles. The third-order valence-corrected chi connectivity index (χ3v) is 5.69. The third kappa shape index (κ3) is 3.40. The van der Waals surface area contributed by atoms with E-state index in [0.29, 0.717) is 13.1 Å². The second-order valence-electron chi connectivity index (χ2n) is 5.00. The average Bonchev–Trinajstić information content (AvgIpc) is 2.79. The van der Waals surface area contributed by atoms with Gasteiger partial charge in [-0.15, -0.1) is 0 Å². The largest absolute Gasteiger partial charge is 0.380 e. The highest BCUT2D eigenvalue weighted by atomic mass is 32.2. The molecule has 0 aliphatic carbocycles. The number of nitrogens with one attached hydrogen (secondary N) is 1. The maximum atomic E-state index is 12.2. The number of rotatable bonds is 4. The van der Waals surface area contributed by atoms with Gasteiger partial charge in [0.25, 0.3) is 0 Å². The lowest BCUT2D eigenvalue weighted by atomic mass is 10.0. The Bertz CT molecular complexity index is 339. The molecule has 100 valence electrons. The van der Waals surface area contributed by atoms with Crippen LogP contribution in [0.15, 0.2) is 0 Å². The van der Waals surface area contributed by atoms with Crippen molar-refractivity contribution in [1.82, 2.24) is 9.62 Å². The molecule has 17 heavy (non-hydrogen) atoms. The van der Waals surface area contributed by atoms with Gasteiger partial charge in [-0.1, -0.05) is 0 Å². The molecule has 6 heteroatoms. The van der Waals surface area contributed by atoms with Crippen LogP contribution in [-0.4, -0.2) is 57.9 Å². The highest BCUT2D eigenvalue weighted by molar-refractivity contribution is 7.89. The molecule has 0 saturated carbocycles. The van der Waals surface area contributed by atoms with Crippen molar-refractivity contribution >= 4 is 10.0 Å². The van der Waals surface area contributed by atoms with Crippen molar-refractivity contribution in [3.63, 3.8) is 0 Å². The number of hydrogen-bond donors (Lipinski definition) is 1. The van der Waals surface area contributed by atoms with Gasteiger partial charge in [0.2, 0.25) is 10.0 Å².